The molecule has 1 saturated heterocycles. The highest BCUT2D eigenvalue weighted by Gasteiger charge is 2.27. The molecule has 3 nitrogen and oxygen atoms in total. The van der Waals surface area contributed by atoms with Crippen LogP contribution in [-0.2, 0) is 0 Å². The van der Waals surface area contributed by atoms with Gasteiger partial charge >= 0.3 is 0 Å². The molecule has 98 valence electrons. The number of carbonyl (C=O) groups excluding carboxylic acids is 1. The van der Waals surface area contributed by atoms with E-state index in [1.165, 1.54) is 18.2 Å². The van der Waals surface area contributed by atoms with Gasteiger partial charge in [0.15, 0.2) is 0 Å². The van der Waals surface area contributed by atoms with E-state index in [-0.39, 0.29) is 18.1 Å². The van der Waals surface area contributed by atoms with E-state index in [0.29, 0.717) is 30.5 Å². The van der Waals surface area contributed by atoms with Gasteiger partial charge in [-0.2, -0.15) is 0 Å². The molecule has 1 aromatic rings. The Morgan fingerprint density at radius 1 is 1.56 bits per heavy atom. The first-order valence-corrected chi connectivity index (χ1v) is 6.35. The Balaban J connectivity index is 2.10. The van der Waals surface area contributed by atoms with Gasteiger partial charge in [0.25, 0.3) is 5.91 Å². The summed E-state index contributed by atoms with van der Waals surface area (Å²) in [5, 5.41) is 9.22. The molecule has 1 aromatic carbocycles. The molecule has 0 spiro atoms. The van der Waals surface area contributed by atoms with Crippen molar-refractivity contribution in [1.82, 2.24) is 4.90 Å². The van der Waals surface area contributed by atoms with Crippen molar-refractivity contribution in [2.45, 2.75) is 12.8 Å². The largest absolute Gasteiger partial charge is 0.396 e. The maximum absolute atomic E-state index is 13.6. The van der Waals surface area contributed by atoms with Crippen molar-refractivity contribution in [3.8, 4) is 0 Å². The summed E-state index contributed by atoms with van der Waals surface area (Å²) in [5.41, 5.74) is 0.0205. The van der Waals surface area contributed by atoms with Crippen LogP contribution in [0, 0.1) is 11.7 Å². The number of hydrogen-bond donors (Lipinski definition) is 1. The van der Waals surface area contributed by atoms with Gasteiger partial charge in [0.1, 0.15) is 5.82 Å². The molecule has 1 aliphatic rings. The lowest BCUT2D eigenvalue weighted by Crippen LogP contribution is -2.29. The van der Waals surface area contributed by atoms with E-state index in [0.717, 1.165) is 6.42 Å². The van der Waals surface area contributed by atoms with E-state index in [4.69, 9.17) is 16.7 Å². The fourth-order valence-electron chi connectivity index (χ4n) is 2.27. The Labute approximate surface area is 110 Å². The Hall–Kier alpha value is -1.13. The maximum Gasteiger partial charge on any atom is 0.256 e. The molecule has 1 N–H and O–H groups in total. The molecule has 18 heavy (non-hydrogen) atoms. The van der Waals surface area contributed by atoms with Crippen LogP contribution in [0.1, 0.15) is 23.2 Å². The van der Waals surface area contributed by atoms with Gasteiger partial charge in [-0.3, -0.25) is 4.79 Å². The SMILES string of the molecule is O=C(c1cc(Cl)ccc1F)N1CCC(CCO)C1. The van der Waals surface area contributed by atoms with E-state index < -0.39 is 5.82 Å². The Morgan fingerprint density at radius 2 is 2.33 bits per heavy atom. The topological polar surface area (TPSA) is 40.5 Å². The van der Waals surface area contributed by atoms with Gasteiger partial charge in [0.05, 0.1) is 5.56 Å². The maximum atomic E-state index is 13.6. The van der Waals surface area contributed by atoms with Crippen molar-refractivity contribution in [2.75, 3.05) is 19.7 Å². The number of benzene rings is 1. The van der Waals surface area contributed by atoms with Crippen LogP contribution in [0.5, 0.6) is 0 Å². The zero-order valence-corrected chi connectivity index (χ0v) is 10.7. The van der Waals surface area contributed by atoms with Crippen molar-refractivity contribution >= 4 is 17.5 Å². The zero-order valence-electron chi connectivity index (χ0n) is 9.90. The second kappa shape index (κ2) is 5.67. The number of hydrogen-bond acceptors (Lipinski definition) is 2. The number of aliphatic hydroxyl groups excluding tert-OH is 1. The number of amides is 1. The van der Waals surface area contributed by atoms with Crippen molar-refractivity contribution in [3.05, 3.63) is 34.6 Å². The van der Waals surface area contributed by atoms with E-state index in [1.807, 2.05) is 0 Å². The van der Waals surface area contributed by atoms with Crippen molar-refractivity contribution < 1.29 is 14.3 Å². The fourth-order valence-corrected chi connectivity index (χ4v) is 2.44. The van der Waals surface area contributed by atoms with Gasteiger partial charge in [-0.1, -0.05) is 11.6 Å². The van der Waals surface area contributed by atoms with Gasteiger partial charge in [-0.25, -0.2) is 4.39 Å². The number of rotatable bonds is 3. The average molecular weight is 272 g/mol. The van der Waals surface area contributed by atoms with E-state index >= 15 is 0 Å². The van der Waals surface area contributed by atoms with Crippen LogP contribution >= 0.6 is 11.6 Å². The molecule has 0 bridgehead atoms. The summed E-state index contributed by atoms with van der Waals surface area (Å²) >= 11 is 5.78. The first kappa shape index (κ1) is 13.3. The van der Waals surface area contributed by atoms with Gasteiger partial charge < -0.3 is 10.0 Å². The lowest BCUT2D eigenvalue weighted by molar-refractivity contribution is 0.0780. The summed E-state index contributed by atoms with van der Waals surface area (Å²) in [5.74, 6) is -0.563. The third kappa shape index (κ3) is 2.82. The van der Waals surface area contributed by atoms with Gasteiger partial charge in [-0.15, -0.1) is 0 Å². The number of halogens is 2. The number of nitrogens with zero attached hydrogens (tertiary/aromatic N) is 1. The molecule has 1 heterocycles. The first-order valence-electron chi connectivity index (χ1n) is 5.97. The number of aliphatic hydroxyl groups is 1. The highest BCUT2D eigenvalue weighted by Crippen LogP contribution is 2.23. The molecule has 0 aliphatic carbocycles. The predicted molar refractivity (Wildman–Crippen MR) is 67.1 cm³/mol. The monoisotopic (exact) mass is 271 g/mol. The van der Waals surface area contributed by atoms with E-state index in [2.05, 4.69) is 0 Å². The third-order valence-corrected chi connectivity index (χ3v) is 3.50. The van der Waals surface area contributed by atoms with E-state index in [1.54, 1.807) is 4.90 Å². The molecular weight excluding hydrogens is 257 g/mol. The first-order chi connectivity index (χ1) is 8.61. The predicted octanol–water partition coefficient (Wildman–Crippen LogP) is 2.32. The normalized spacial score (nSPS) is 19.3. The van der Waals surface area contributed by atoms with Crippen molar-refractivity contribution in [2.24, 2.45) is 5.92 Å². The molecule has 1 atom stereocenters. The Bertz CT molecular complexity index is 453. The Morgan fingerprint density at radius 3 is 3.06 bits per heavy atom. The molecule has 1 aliphatic heterocycles. The van der Waals surface area contributed by atoms with Gasteiger partial charge in [0.2, 0.25) is 0 Å². The number of likely N-dealkylation sites (tertiary alicyclic amines) is 1. The lowest BCUT2D eigenvalue weighted by atomic mass is 10.1. The highest BCUT2D eigenvalue weighted by molar-refractivity contribution is 6.31. The minimum absolute atomic E-state index is 0.0205. The summed E-state index contributed by atoms with van der Waals surface area (Å²) in [6, 6.07) is 3.99. The van der Waals surface area contributed by atoms with E-state index in [9.17, 15) is 9.18 Å². The second-order valence-electron chi connectivity index (χ2n) is 4.54. The lowest BCUT2D eigenvalue weighted by Gasteiger charge is -2.17. The van der Waals surface area contributed by atoms with Gasteiger partial charge in [0, 0.05) is 24.7 Å². The molecule has 2 rings (SSSR count). The van der Waals surface area contributed by atoms with Crippen LogP contribution in [0.4, 0.5) is 4.39 Å². The minimum Gasteiger partial charge on any atom is -0.396 e. The molecule has 5 heteroatoms. The summed E-state index contributed by atoms with van der Waals surface area (Å²) in [6.07, 6.45) is 1.54. The summed E-state index contributed by atoms with van der Waals surface area (Å²) in [7, 11) is 0. The summed E-state index contributed by atoms with van der Waals surface area (Å²) in [4.78, 5) is 13.8. The third-order valence-electron chi connectivity index (χ3n) is 3.27. The van der Waals surface area contributed by atoms with Crippen LogP contribution in [0.2, 0.25) is 5.02 Å². The molecule has 1 fully saturated rings. The summed E-state index contributed by atoms with van der Waals surface area (Å²) < 4.78 is 13.6. The van der Waals surface area contributed by atoms with Gasteiger partial charge in [-0.05, 0) is 37.0 Å². The number of carbonyl (C=O) groups is 1. The Kier molecular flexibility index (Phi) is 4.19. The molecule has 0 aromatic heterocycles. The fraction of sp³-hybridized carbons (Fsp3) is 0.462. The van der Waals surface area contributed by atoms with Crippen LogP contribution < -0.4 is 0 Å². The van der Waals surface area contributed by atoms with Crippen molar-refractivity contribution in [1.29, 1.82) is 0 Å². The van der Waals surface area contributed by atoms with Crippen LogP contribution in [-0.4, -0.2) is 35.6 Å². The minimum atomic E-state index is -0.546. The standard InChI is InChI=1S/C13H15ClFNO2/c14-10-1-2-12(15)11(7-10)13(18)16-5-3-9(8-16)4-6-17/h1-2,7,9,17H,3-6,8H2. The smallest absolute Gasteiger partial charge is 0.256 e. The molecule has 0 radical (unpaired) electrons. The average Bonchev–Trinajstić information content (AvgIpc) is 2.80. The molecule has 1 unspecified atom stereocenters. The van der Waals surface area contributed by atoms with Crippen LogP contribution in [0.25, 0.3) is 0 Å². The molecular formula is C13H15ClFNO2. The second-order valence-corrected chi connectivity index (χ2v) is 4.98. The summed E-state index contributed by atoms with van der Waals surface area (Å²) in [6.45, 7) is 1.30. The quantitative estimate of drug-likeness (QED) is 0.917. The highest BCUT2D eigenvalue weighted by atomic mass is 35.5. The van der Waals surface area contributed by atoms with Crippen LogP contribution in [0.15, 0.2) is 18.2 Å². The van der Waals surface area contributed by atoms with Crippen LogP contribution in [0.3, 0.4) is 0 Å². The van der Waals surface area contributed by atoms with Crippen molar-refractivity contribution in [3.63, 3.8) is 0 Å². The molecule has 1 amide bonds. The molecule has 0 saturated carbocycles. The zero-order chi connectivity index (χ0) is 13.1.